The predicted octanol–water partition coefficient (Wildman–Crippen LogP) is 4.21. The summed E-state index contributed by atoms with van der Waals surface area (Å²) in [5.74, 6) is 0.307. The van der Waals surface area contributed by atoms with E-state index in [1.807, 2.05) is 85.8 Å². The maximum absolute atomic E-state index is 12.3. The molecule has 0 saturated carbocycles. The quantitative estimate of drug-likeness (QED) is 0.357. The summed E-state index contributed by atoms with van der Waals surface area (Å²) in [6.45, 7) is 2.39. The van der Waals surface area contributed by atoms with Crippen LogP contribution in [-0.4, -0.2) is 32.3 Å². The number of allylic oxidation sites excluding steroid dienone is 1. The number of hydrogen-bond donors (Lipinski definition) is 1. The van der Waals surface area contributed by atoms with E-state index in [2.05, 4.69) is 25.9 Å². The first kappa shape index (κ1) is 20.9. The van der Waals surface area contributed by atoms with Crippen LogP contribution in [0.4, 0.5) is 0 Å². The number of benzene rings is 3. The van der Waals surface area contributed by atoms with Crippen LogP contribution in [0.2, 0.25) is 0 Å². The highest BCUT2D eigenvalue weighted by molar-refractivity contribution is 5.95. The highest BCUT2D eigenvalue weighted by Crippen LogP contribution is 2.13. The molecule has 0 aliphatic rings. The largest absolute Gasteiger partial charge is 0.271 e. The van der Waals surface area contributed by atoms with Gasteiger partial charge in [0.1, 0.15) is 0 Å². The minimum Gasteiger partial charge on any atom is -0.267 e. The van der Waals surface area contributed by atoms with Crippen molar-refractivity contribution in [1.82, 2.24) is 25.6 Å². The fraction of sp³-hybridized carbons (Fsp3) is 0.0800. The minimum atomic E-state index is -0.273. The van der Waals surface area contributed by atoms with E-state index < -0.39 is 0 Å². The summed E-state index contributed by atoms with van der Waals surface area (Å²) in [7, 11) is 0. The monoisotopic (exact) mass is 422 g/mol. The number of nitrogens with one attached hydrogen (secondary N) is 1. The first-order valence-electron chi connectivity index (χ1n) is 10.2. The second-order valence-electron chi connectivity index (χ2n) is 7.20. The molecule has 0 atom stereocenters. The van der Waals surface area contributed by atoms with Crippen LogP contribution in [-0.2, 0) is 6.54 Å². The lowest BCUT2D eigenvalue weighted by Gasteiger charge is -2.03. The van der Waals surface area contributed by atoms with Gasteiger partial charge in [-0.1, -0.05) is 78.9 Å². The fourth-order valence-corrected chi connectivity index (χ4v) is 3.04. The second kappa shape index (κ2) is 10.1. The van der Waals surface area contributed by atoms with Gasteiger partial charge in [-0.15, -0.1) is 10.2 Å². The van der Waals surface area contributed by atoms with E-state index >= 15 is 0 Å². The van der Waals surface area contributed by atoms with Gasteiger partial charge in [0.15, 0.2) is 0 Å². The molecule has 0 aliphatic carbocycles. The maximum Gasteiger partial charge on any atom is 0.271 e. The number of hydrogen-bond acceptors (Lipinski definition) is 5. The molecule has 0 aliphatic heterocycles. The summed E-state index contributed by atoms with van der Waals surface area (Å²) in [6, 6.07) is 26.9. The number of carbonyl (C=O) groups is 1. The minimum absolute atomic E-state index is 0.273. The topological polar surface area (TPSA) is 85.1 Å². The van der Waals surface area contributed by atoms with E-state index in [4.69, 9.17) is 0 Å². The maximum atomic E-state index is 12.3. The molecule has 0 spiro atoms. The summed E-state index contributed by atoms with van der Waals surface area (Å²) in [4.78, 5) is 13.9. The number of rotatable bonds is 7. The Hall–Kier alpha value is -4.39. The van der Waals surface area contributed by atoms with E-state index in [1.165, 1.54) is 4.80 Å². The molecular formula is C25H22N6O. The Balaban J connectivity index is 1.33. The molecule has 3 aromatic carbocycles. The normalized spacial score (nSPS) is 11.6. The van der Waals surface area contributed by atoms with Crippen LogP contribution in [0.25, 0.3) is 17.5 Å². The van der Waals surface area contributed by atoms with Crippen LogP contribution in [0.1, 0.15) is 28.4 Å². The summed E-state index contributed by atoms with van der Waals surface area (Å²) in [6.07, 6.45) is 3.62. The molecule has 0 fully saturated rings. The lowest BCUT2D eigenvalue weighted by molar-refractivity contribution is 0.0955. The van der Waals surface area contributed by atoms with Crippen molar-refractivity contribution >= 4 is 18.2 Å². The van der Waals surface area contributed by atoms with Gasteiger partial charge in [-0.2, -0.15) is 9.90 Å². The Morgan fingerprint density at radius 1 is 0.969 bits per heavy atom. The van der Waals surface area contributed by atoms with Crippen LogP contribution in [0.3, 0.4) is 0 Å². The van der Waals surface area contributed by atoms with Gasteiger partial charge in [0.25, 0.3) is 5.91 Å². The van der Waals surface area contributed by atoms with Gasteiger partial charge in [0.2, 0.25) is 5.82 Å². The molecule has 4 rings (SSSR count). The molecule has 0 bridgehead atoms. The molecule has 7 heteroatoms. The molecular weight excluding hydrogens is 400 g/mol. The number of aromatic nitrogens is 4. The summed E-state index contributed by atoms with van der Waals surface area (Å²) in [5.41, 5.74) is 6.97. The molecule has 7 nitrogen and oxygen atoms in total. The highest BCUT2D eigenvalue weighted by Gasteiger charge is 2.07. The zero-order valence-corrected chi connectivity index (χ0v) is 17.6. The SMILES string of the molecule is CC(=C/c1ccccc1)/C=N/NC(=O)c1ccc(Cn2nnc(-c3ccccc3)n2)cc1. The van der Waals surface area contributed by atoms with Crippen molar-refractivity contribution in [2.24, 2.45) is 5.10 Å². The molecule has 0 unspecified atom stereocenters. The number of carbonyl (C=O) groups excluding carboxylic acids is 1. The first-order chi connectivity index (χ1) is 15.7. The van der Waals surface area contributed by atoms with Crippen LogP contribution >= 0.6 is 0 Å². The number of tetrazole rings is 1. The molecule has 158 valence electrons. The van der Waals surface area contributed by atoms with Gasteiger partial charge >= 0.3 is 0 Å². The lowest BCUT2D eigenvalue weighted by atomic mass is 10.1. The zero-order valence-electron chi connectivity index (χ0n) is 17.6. The Labute approximate surface area is 186 Å². The number of nitrogens with zero attached hydrogens (tertiary/aromatic N) is 5. The Morgan fingerprint density at radius 3 is 2.38 bits per heavy atom. The lowest BCUT2D eigenvalue weighted by Crippen LogP contribution is -2.17. The average molecular weight is 422 g/mol. The molecule has 1 aromatic heterocycles. The van der Waals surface area contributed by atoms with Crippen molar-refractivity contribution in [3.05, 3.63) is 107 Å². The van der Waals surface area contributed by atoms with Crippen LogP contribution < -0.4 is 5.43 Å². The smallest absolute Gasteiger partial charge is 0.267 e. The highest BCUT2D eigenvalue weighted by atomic mass is 16.2. The Bertz CT molecular complexity index is 1230. The predicted molar refractivity (Wildman–Crippen MR) is 125 cm³/mol. The van der Waals surface area contributed by atoms with Gasteiger partial charge in [-0.25, -0.2) is 5.43 Å². The molecule has 32 heavy (non-hydrogen) atoms. The van der Waals surface area contributed by atoms with Crippen LogP contribution in [0.15, 0.2) is 95.6 Å². The standard InChI is InChI=1S/C25H22N6O/c1-19(16-20-8-4-2-5-9-20)17-26-28-25(32)23-14-12-21(13-15-23)18-31-29-24(27-30-31)22-10-6-3-7-11-22/h2-17H,18H2,1H3,(H,28,32)/b19-16-,26-17+. The van der Waals surface area contributed by atoms with E-state index in [0.717, 1.165) is 22.3 Å². The Morgan fingerprint density at radius 2 is 1.66 bits per heavy atom. The van der Waals surface area contributed by atoms with Gasteiger partial charge in [0.05, 0.1) is 12.8 Å². The summed E-state index contributed by atoms with van der Waals surface area (Å²) < 4.78 is 0. The van der Waals surface area contributed by atoms with Gasteiger partial charge < -0.3 is 0 Å². The third-order valence-corrected chi connectivity index (χ3v) is 4.65. The summed E-state index contributed by atoms with van der Waals surface area (Å²) in [5, 5.41) is 16.7. The van der Waals surface area contributed by atoms with Crippen molar-refractivity contribution in [3.8, 4) is 11.4 Å². The van der Waals surface area contributed by atoms with E-state index in [9.17, 15) is 4.79 Å². The average Bonchev–Trinajstić information content (AvgIpc) is 3.29. The molecule has 4 aromatic rings. The number of hydrazone groups is 1. The molecule has 1 amide bonds. The van der Waals surface area contributed by atoms with E-state index in [1.54, 1.807) is 18.3 Å². The molecule has 0 radical (unpaired) electrons. The van der Waals surface area contributed by atoms with E-state index in [-0.39, 0.29) is 5.91 Å². The van der Waals surface area contributed by atoms with Crippen molar-refractivity contribution < 1.29 is 4.79 Å². The molecule has 1 N–H and O–H groups in total. The zero-order chi connectivity index (χ0) is 22.2. The van der Waals surface area contributed by atoms with Gasteiger partial charge in [0, 0.05) is 11.1 Å². The number of amides is 1. The first-order valence-corrected chi connectivity index (χ1v) is 10.2. The summed E-state index contributed by atoms with van der Waals surface area (Å²) >= 11 is 0. The van der Waals surface area contributed by atoms with E-state index in [0.29, 0.717) is 17.9 Å². The molecule has 0 saturated heterocycles. The van der Waals surface area contributed by atoms with Crippen molar-refractivity contribution in [3.63, 3.8) is 0 Å². The fourth-order valence-electron chi connectivity index (χ4n) is 3.04. The third kappa shape index (κ3) is 5.60. The second-order valence-corrected chi connectivity index (χ2v) is 7.20. The van der Waals surface area contributed by atoms with Gasteiger partial charge in [-0.05, 0) is 41.0 Å². The van der Waals surface area contributed by atoms with Crippen molar-refractivity contribution in [2.75, 3.05) is 0 Å². The third-order valence-electron chi connectivity index (χ3n) is 4.65. The van der Waals surface area contributed by atoms with Crippen LogP contribution in [0, 0.1) is 0 Å². The van der Waals surface area contributed by atoms with Crippen molar-refractivity contribution in [1.29, 1.82) is 0 Å². The van der Waals surface area contributed by atoms with Crippen molar-refractivity contribution in [2.45, 2.75) is 13.5 Å². The van der Waals surface area contributed by atoms with Gasteiger partial charge in [-0.3, -0.25) is 4.79 Å². The molecule has 1 heterocycles. The van der Waals surface area contributed by atoms with Crippen LogP contribution in [0.5, 0.6) is 0 Å². The Kier molecular flexibility index (Phi) is 6.57.